The molecule has 1 aliphatic carbocycles. The van der Waals surface area contributed by atoms with Gasteiger partial charge in [-0.25, -0.2) is 13.4 Å². The summed E-state index contributed by atoms with van der Waals surface area (Å²) >= 11 is 0. The first kappa shape index (κ1) is 22.3. The second-order valence-corrected chi connectivity index (χ2v) is 8.23. The molecule has 152 valence electrons. The van der Waals surface area contributed by atoms with Gasteiger partial charge in [-0.1, -0.05) is 12.1 Å². The molecule has 0 bridgehead atoms. The molecule has 0 heterocycles. The molecule has 0 aromatic heterocycles. The van der Waals surface area contributed by atoms with Crippen molar-refractivity contribution in [2.24, 2.45) is 10.7 Å². The Labute approximate surface area is 182 Å². The van der Waals surface area contributed by atoms with Crippen molar-refractivity contribution in [3.05, 3.63) is 53.6 Å². The topological polar surface area (TPSA) is 106 Å². The van der Waals surface area contributed by atoms with Crippen molar-refractivity contribution in [3.63, 3.8) is 0 Å². The normalized spacial score (nSPS) is 13.4. The van der Waals surface area contributed by atoms with Crippen LogP contribution in [0.5, 0.6) is 5.75 Å². The van der Waals surface area contributed by atoms with Crippen LogP contribution in [0.15, 0.2) is 47.5 Å². The Balaban J connectivity index is 0.00000280. The van der Waals surface area contributed by atoms with Gasteiger partial charge in [-0.2, -0.15) is 0 Å². The van der Waals surface area contributed by atoms with Crippen LogP contribution in [0.4, 0.5) is 11.4 Å². The van der Waals surface area contributed by atoms with E-state index in [2.05, 4.69) is 27.2 Å². The third kappa shape index (κ3) is 6.86. The molecule has 7 nitrogen and oxygen atoms in total. The number of rotatable bonds is 7. The van der Waals surface area contributed by atoms with Crippen LogP contribution in [-0.2, 0) is 22.9 Å². The smallest absolute Gasteiger partial charge is 0.229 e. The molecule has 0 unspecified atom stereocenters. The van der Waals surface area contributed by atoms with E-state index in [9.17, 15) is 8.42 Å². The Morgan fingerprint density at radius 2 is 1.93 bits per heavy atom. The van der Waals surface area contributed by atoms with Crippen molar-refractivity contribution in [1.29, 1.82) is 0 Å². The highest BCUT2D eigenvalue weighted by Gasteiger charge is 2.10. The number of sulfonamides is 1. The van der Waals surface area contributed by atoms with E-state index in [1.54, 1.807) is 24.3 Å². The molecule has 2 aromatic rings. The maximum Gasteiger partial charge on any atom is 0.229 e. The van der Waals surface area contributed by atoms with E-state index in [0.717, 1.165) is 24.8 Å². The van der Waals surface area contributed by atoms with Crippen molar-refractivity contribution in [3.8, 4) is 5.75 Å². The first-order chi connectivity index (χ1) is 12.9. The highest BCUT2D eigenvalue weighted by atomic mass is 127. The molecule has 28 heavy (non-hydrogen) atoms. The van der Waals surface area contributed by atoms with E-state index < -0.39 is 10.0 Å². The lowest BCUT2D eigenvalue weighted by molar-refractivity contribution is 0.329. The summed E-state index contributed by atoms with van der Waals surface area (Å²) in [6, 6.07) is 13.0. The summed E-state index contributed by atoms with van der Waals surface area (Å²) in [5, 5.41) is 3.10. The molecule has 9 heteroatoms. The highest BCUT2D eigenvalue weighted by molar-refractivity contribution is 14.0. The van der Waals surface area contributed by atoms with Crippen LogP contribution in [0.1, 0.15) is 17.5 Å². The number of halogens is 1. The highest BCUT2D eigenvalue weighted by Crippen LogP contribution is 2.24. The predicted molar refractivity (Wildman–Crippen MR) is 124 cm³/mol. The molecular weight excluding hydrogens is 491 g/mol. The van der Waals surface area contributed by atoms with Crippen LogP contribution in [0.2, 0.25) is 0 Å². The molecular formula is C19H25IN4O3S. The van der Waals surface area contributed by atoms with E-state index in [1.165, 1.54) is 17.5 Å². The lowest BCUT2D eigenvalue weighted by Gasteiger charge is -2.09. The zero-order valence-corrected chi connectivity index (χ0v) is 18.8. The van der Waals surface area contributed by atoms with E-state index in [0.29, 0.717) is 30.5 Å². The molecule has 4 N–H and O–H groups in total. The first-order valence-corrected chi connectivity index (χ1v) is 10.7. The number of nitrogens with zero attached hydrogens (tertiary/aromatic N) is 1. The fraction of sp³-hybridized carbons (Fsp3) is 0.316. The van der Waals surface area contributed by atoms with Gasteiger partial charge in [0.2, 0.25) is 10.0 Å². The van der Waals surface area contributed by atoms with Crippen molar-refractivity contribution < 1.29 is 13.2 Å². The van der Waals surface area contributed by atoms with Gasteiger partial charge in [0.15, 0.2) is 5.96 Å². The number of benzene rings is 2. The van der Waals surface area contributed by atoms with E-state index >= 15 is 0 Å². The summed E-state index contributed by atoms with van der Waals surface area (Å²) < 4.78 is 30.5. The van der Waals surface area contributed by atoms with Gasteiger partial charge in [0.1, 0.15) is 12.4 Å². The number of aliphatic imine (C=N–C) groups is 1. The van der Waals surface area contributed by atoms with Crippen molar-refractivity contribution in [2.45, 2.75) is 19.3 Å². The third-order valence-electron chi connectivity index (χ3n) is 4.15. The summed E-state index contributed by atoms with van der Waals surface area (Å²) in [5.74, 6) is 0.896. The zero-order valence-electron chi connectivity index (χ0n) is 15.6. The molecule has 0 radical (unpaired) electrons. The van der Waals surface area contributed by atoms with E-state index in [-0.39, 0.29) is 24.0 Å². The molecule has 0 saturated heterocycles. The fourth-order valence-electron chi connectivity index (χ4n) is 3.03. The SMILES string of the molecule is CS(=O)(=O)Nc1cccc(OCCN=C(N)Nc2ccc3c(c2)CCC3)c1.I. The van der Waals surface area contributed by atoms with Crippen LogP contribution in [-0.4, -0.2) is 33.8 Å². The van der Waals surface area contributed by atoms with Gasteiger partial charge in [-0.3, -0.25) is 4.72 Å². The summed E-state index contributed by atoms with van der Waals surface area (Å²) in [5.41, 5.74) is 10.1. The number of anilines is 2. The molecule has 2 aromatic carbocycles. The molecule has 0 fully saturated rings. The molecule has 3 rings (SSSR count). The van der Waals surface area contributed by atoms with Gasteiger partial charge in [0.25, 0.3) is 0 Å². The van der Waals surface area contributed by atoms with Crippen molar-refractivity contribution in [2.75, 3.05) is 29.4 Å². The maximum absolute atomic E-state index is 11.3. The standard InChI is InChI=1S/C19H24N4O3S.HI/c1-27(24,25)23-17-6-3-7-18(13-17)26-11-10-21-19(20)22-16-9-8-14-4-2-5-15(14)12-16;/h3,6-9,12-13,23H,2,4-5,10-11H2,1H3,(H3,20,21,22);1H. The maximum atomic E-state index is 11.3. The molecule has 0 amide bonds. The van der Waals surface area contributed by atoms with Crippen LogP contribution in [0.25, 0.3) is 0 Å². The number of nitrogens with two attached hydrogens (primary N) is 1. The van der Waals surface area contributed by atoms with Crippen LogP contribution >= 0.6 is 24.0 Å². The molecule has 0 saturated carbocycles. The van der Waals surface area contributed by atoms with E-state index in [1.807, 2.05) is 6.07 Å². The average molecular weight is 516 g/mol. The predicted octanol–water partition coefficient (Wildman–Crippen LogP) is 2.97. The second kappa shape index (κ2) is 9.97. The Bertz CT molecular complexity index is 948. The molecule has 0 atom stereocenters. The summed E-state index contributed by atoms with van der Waals surface area (Å²) in [4.78, 5) is 4.26. The molecule has 0 aliphatic heterocycles. The van der Waals surface area contributed by atoms with Crippen LogP contribution in [0.3, 0.4) is 0 Å². The minimum Gasteiger partial charge on any atom is -0.492 e. The minimum atomic E-state index is -3.32. The third-order valence-corrected chi connectivity index (χ3v) is 4.76. The average Bonchev–Trinajstić information content (AvgIpc) is 3.05. The Morgan fingerprint density at radius 3 is 2.71 bits per heavy atom. The number of guanidine groups is 1. The Kier molecular flexibility index (Phi) is 7.93. The van der Waals surface area contributed by atoms with Gasteiger partial charge in [-0.05, 0) is 54.7 Å². The van der Waals surface area contributed by atoms with E-state index in [4.69, 9.17) is 10.5 Å². The Morgan fingerprint density at radius 1 is 1.14 bits per heavy atom. The lowest BCUT2D eigenvalue weighted by atomic mass is 10.1. The number of nitrogens with one attached hydrogen (secondary N) is 2. The summed E-state index contributed by atoms with van der Waals surface area (Å²) in [6.07, 6.45) is 4.58. The van der Waals surface area contributed by atoms with Crippen molar-refractivity contribution in [1.82, 2.24) is 0 Å². The van der Waals surface area contributed by atoms with Gasteiger partial charge >= 0.3 is 0 Å². The van der Waals surface area contributed by atoms with Crippen LogP contribution < -0.4 is 20.5 Å². The lowest BCUT2D eigenvalue weighted by Crippen LogP contribution is -2.23. The number of aryl methyl sites for hydroxylation is 2. The largest absolute Gasteiger partial charge is 0.492 e. The minimum absolute atomic E-state index is 0. The molecule has 1 aliphatic rings. The summed E-state index contributed by atoms with van der Waals surface area (Å²) in [6.45, 7) is 0.711. The monoisotopic (exact) mass is 516 g/mol. The van der Waals surface area contributed by atoms with Gasteiger partial charge in [-0.15, -0.1) is 24.0 Å². The first-order valence-electron chi connectivity index (χ1n) is 8.78. The van der Waals surface area contributed by atoms with Crippen molar-refractivity contribution >= 4 is 51.3 Å². The number of hydrogen-bond donors (Lipinski definition) is 3. The fourth-order valence-corrected chi connectivity index (χ4v) is 3.59. The zero-order chi connectivity index (χ0) is 19.3. The summed E-state index contributed by atoms with van der Waals surface area (Å²) in [7, 11) is -3.32. The quantitative estimate of drug-likeness (QED) is 0.227. The second-order valence-electron chi connectivity index (χ2n) is 6.48. The van der Waals surface area contributed by atoms with Gasteiger partial charge < -0.3 is 15.8 Å². The van der Waals surface area contributed by atoms with Gasteiger partial charge in [0.05, 0.1) is 18.5 Å². The number of fused-ring (bicyclic) bond motifs is 1. The number of ether oxygens (including phenoxy) is 1. The number of hydrogen-bond acceptors (Lipinski definition) is 4. The molecule has 0 spiro atoms. The Hall–Kier alpha value is -2.01. The van der Waals surface area contributed by atoms with Gasteiger partial charge in [0, 0.05) is 11.8 Å². The van der Waals surface area contributed by atoms with Crippen LogP contribution in [0, 0.1) is 0 Å².